The van der Waals surface area contributed by atoms with Gasteiger partial charge < -0.3 is 15.4 Å². The normalized spacial score (nSPS) is 25.6. The van der Waals surface area contributed by atoms with Crippen LogP contribution in [0.4, 0.5) is 13.2 Å². The van der Waals surface area contributed by atoms with Crippen LogP contribution in [-0.4, -0.2) is 28.1 Å². The van der Waals surface area contributed by atoms with Crippen molar-refractivity contribution in [2.24, 2.45) is 5.92 Å². The predicted octanol–water partition coefficient (Wildman–Crippen LogP) is 4.39. The Bertz CT molecular complexity index is 1120. The zero-order valence-electron chi connectivity index (χ0n) is 16.1. The summed E-state index contributed by atoms with van der Waals surface area (Å²) >= 11 is 0. The Morgan fingerprint density at radius 2 is 1.77 bits per heavy atom. The average molecular weight is 414 g/mol. The molecule has 2 aliphatic carbocycles. The number of rotatable bonds is 4. The number of carbonyl (C=O) groups excluding carboxylic acids is 1. The summed E-state index contributed by atoms with van der Waals surface area (Å²) in [4.78, 5) is 15.5. The van der Waals surface area contributed by atoms with E-state index in [-0.39, 0.29) is 35.1 Å². The Morgan fingerprint density at radius 3 is 2.40 bits per heavy atom. The van der Waals surface area contributed by atoms with Crippen molar-refractivity contribution in [3.63, 3.8) is 0 Å². The van der Waals surface area contributed by atoms with Gasteiger partial charge in [-0.3, -0.25) is 4.79 Å². The highest BCUT2D eigenvalue weighted by Gasteiger charge is 2.40. The van der Waals surface area contributed by atoms with Gasteiger partial charge in [0, 0.05) is 17.4 Å². The summed E-state index contributed by atoms with van der Waals surface area (Å²) in [5.74, 6) is -2.08. The minimum absolute atomic E-state index is 0.0536. The van der Waals surface area contributed by atoms with Gasteiger partial charge in [0.15, 0.2) is 0 Å². The number of H-pyrrole nitrogens is 1. The molecule has 5 rings (SSSR count). The van der Waals surface area contributed by atoms with E-state index in [2.05, 4.69) is 10.3 Å². The number of carbonyl (C=O) groups is 1. The van der Waals surface area contributed by atoms with Gasteiger partial charge in [0.05, 0.1) is 23.4 Å². The van der Waals surface area contributed by atoms with E-state index in [4.69, 9.17) is 0 Å². The molecule has 2 aliphatic rings. The second-order valence-electron chi connectivity index (χ2n) is 8.36. The number of benzene rings is 2. The molecule has 4 nitrogen and oxygen atoms in total. The second kappa shape index (κ2) is 7.16. The SMILES string of the molecule is O=C(N[C@H]1CC[C@@H]1O)[C@H]1C[C@H](c2c(-c3ccc(F)cc3)[nH]c3c(F)cc(F)cc32)C1. The van der Waals surface area contributed by atoms with Crippen molar-refractivity contribution < 1.29 is 23.1 Å². The van der Waals surface area contributed by atoms with Crippen molar-refractivity contribution >= 4 is 16.8 Å². The van der Waals surface area contributed by atoms with Gasteiger partial charge in [-0.25, -0.2) is 13.2 Å². The Kier molecular flexibility index (Phi) is 4.58. The minimum Gasteiger partial charge on any atom is -0.391 e. The first-order valence-corrected chi connectivity index (χ1v) is 10.2. The predicted molar refractivity (Wildman–Crippen MR) is 106 cm³/mol. The summed E-state index contributed by atoms with van der Waals surface area (Å²) in [5, 5.41) is 13.0. The van der Waals surface area contributed by atoms with E-state index in [1.807, 2.05) is 0 Å². The van der Waals surface area contributed by atoms with Gasteiger partial charge in [-0.2, -0.15) is 0 Å². The third-order valence-electron chi connectivity index (χ3n) is 6.48. The van der Waals surface area contributed by atoms with Gasteiger partial charge in [-0.1, -0.05) is 0 Å². The van der Waals surface area contributed by atoms with Gasteiger partial charge in [0.2, 0.25) is 5.91 Å². The fourth-order valence-electron chi connectivity index (χ4n) is 4.53. The maximum Gasteiger partial charge on any atom is 0.223 e. The Balaban J connectivity index is 1.46. The zero-order chi connectivity index (χ0) is 21.0. The van der Waals surface area contributed by atoms with Gasteiger partial charge in [-0.15, -0.1) is 0 Å². The molecule has 1 amide bonds. The Labute approximate surface area is 171 Å². The van der Waals surface area contributed by atoms with Crippen molar-refractivity contribution in [2.45, 2.75) is 43.7 Å². The average Bonchev–Trinajstić information content (AvgIpc) is 3.04. The van der Waals surface area contributed by atoms with E-state index in [0.29, 0.717) is 35.9 Å². The van der Waals surface area contributed by atoms with Crippen LogP contribution < -0.4 is 5.32 Å². The Hall–Kier alpha value is -2.80. The largest absolute Gasteiger partial charge is 0.391 e. The molecule has 0 saturated heterocycles. The maximum atomic E-state index is 14.4. The van der Waals surface area contributed by atoms with Crippen molar-refractivity contribution in [1.29, 1.82) is 0 Å². The van der Waals surface area contributed by atoms with Crippen molar-refractivity contribution in [3.05, 3.63) is 59.4 Å². The third kappa shape index (κ3) is 3.17. The van der Waals surface area contributed by atoms with E-state index >= 15 is 0 Å². The first-order chi connectivity index (χ1) is 14.4. The molecule has 2 fully saturated rings. The number of nitrogens with one attached hydrogen (secondary N) is 2. The maximum absolute atomic E-state index is 14.4. The molecule has 1 heterocycles. The van der Waals surface area contributed by atoms with Gasteiger partial charge in [-0.05, 0) is 73.1 Å². The number of amides is 1. The molecule has 0 unspecified atom stereocenters. The summed E-state index contributed by atoms with van der Waals surface area (Å²) in [6.07, 6.45) is 2.10. The molecule has 0 spiro atoms. The molecular formula is C23H21F3N2O2. The second-order valence-corrected chi connectivity index (χ2v) is 8.36. The van der Waals surface area contributed by atoms with E-state index in [0.717, 1.165) is 18.1 Å². The lowest BCUT2D eigenvalue weighted by molar-refractivity contribution is -0.130. The van der Waals surface area contributed by atoms with Crippen molar-refractivity contribution in [3.8, 4) is 11.3 Å². The van der Waals surface area contributed by atoms with E-state index < -0.39 is 17.7 Å². The molecule has 0 radical (unpaired) electrons. The zero-order valence-corrected chi connectivity index (χ0v) is 16.1. The minimum atomic E-state index is -0.688. The first-order valence-electron chi connectivity index (χ1n) is 10.2. The van der Waals surface area contributed by atoms with Crippen LogP contribution >= 0.6 is 0 Å². The van der Waals surface area contributed by atoms with Gasteiger partial charge in [0.1, 0.15) is 17.5 Å². The first kappa shape index (κ1) is 19.2. The monoisotopic (exact) mass is 414 g/mol. The van der Waals surface area contributed by atoms with Crippen LogP contribution in [0.15, 0.2) is 36.4 Å². The summed E-state index contributed by atoms with van der Waals surface area (Å²) in [5.41, 5.74) is 2.25. The number of aliphatic hydroxyl groups excluding tert-OH is 1. The lowest BCUT2D eigenvalue weighted by Gasteiger charge is -2.39. The lowest BCUT2D eigenvalue weighted by Crippen LogP contribution is -2.53. The molecule has 30 heavy (non-hydrogen) atoms. The van der Waals surface area contributed by atoms with Crippen LogP contribution in [0, 0.1) is 23.4 Å². The standard InChI is InChI=1S/C23H21F3N2O2/c24-14-3-1-11(2-4-14)21-20(16-9-15(25)10-17(26)22(16)28-21)12-7-13(8-12)23(30)27-18-5-6-19(18)29/h1-4,9-10,12-13,18-19,28-29H,5-8H2,(H,27,30)/t12-,13-,18-,19-/m0/s1. The molecule has 3 N–H and O–H groups in total. The fourth-order valence-corrected chi connectivity index (χ4v) is 4.53. The molecule has 0 aliphatic heterocycles. The summed E-state index contributed by atoms with van der Waals surface area (Å²) in [6, 6.07) is 7.79. The number of aromatic nitrogens is 1. The van der Waals surface area contributed by atoms with Gasteiger partial charge >= 0.3 is 0 Å². The highest BCUT2D eigenvalue weighted by Crippen LogP contribution is 2.48. The van der Waals surface area contributed by atoms with E-state index in [1.54, 1.807) is 12.1 Å². The quantitative estimate of drug-likeness (QED) is 0.593. The molecule has 0 bridgehead atoms. The van der Waals surface area contributed by atoms with Crippen molar-refractivity contribution in [2.75, 3.05) is 0 Å². The van der Waals surface area contributed by atoms with Crippen LogP contribution in [0.3, 0.4) is 0 Å². The number of fused-ring (bicyclic) bond motifs is 1. The molecule has 2 atom stereocenters. The number of aromatic amines is 1. The number of aliphatic hydroxyl groups is 1. The van der Waals surface area contributed by atoms with E-state index in [1.165, 1.54) is 18.2 Å². The Morgan fingerprint density at radius 1 is 1.03 bits per heavy atom. The summed E-state index contributed by atoms with van der Waals surface area (Å²) in [6.45, 7) is 0. The molecule has 7 heteroatoms. The highest BCUT2D eigenvalue weighted by molar-refractivity contribution is 5.92. The lowest BCUT2D eigenvalue weighted by atomic mass is 9.69. The summed E-state index contributed by atoms with van der Waals surface area (Å²) in [7, 11) is 0. The number of halogens is 3. The highest BCUT2D eigenvalue weighted by atomic mass is 19.1. The van der Waals surface area contributed by atoms with Crippen LogP contribution in [0.1, 0.15) is 37.2 Å². The molecule has 1 aromatic heterocycles. The van der Waals surface area contributed by atoms with Crippen LogP contribution in [-0.2, 0) is 4.79 Å². The van der Waals surface area contributed by atoms with Crippen LogP contribution in [0.2, 0.25) is 0 Å². The smallest absolute Gasteiger partial charge is 0.223 e. The fraction of sp³-hybridized carbons (Fsp3) is 0.348. The van der Waals surface area contributed by atoms with E-state index in [9.17, 15) is 23.1 Å². The molecule has 2 saturated carbocycles. The van der Waals surface area contributed by atoms with Crippen molar-refractivity contribution in [1.82, 2.24) is 10.3 Å². The molecule has 156 valence electrons. The molecule has 2 aromatic carbocycles. The molecule has 3 aromatic rings. The van der Waals surface area contributed by atoms with Crippen LogP contribution in [0.25, 0.3) is 22.2 Å². The molecular weight excluding hydrogens is 393 g/mol. The third-order valence-corrected chi connectivity index (χ3v) is 6.48. The number of hydrogen-bond donors (Lipinski definition) is 3. The van der Waals surface area contributed by atoms with Crippen LogP contribution in [0.5, 0.6) is 0 Å². The number of hydrogen-bond acceptors (Lipinski definition) is 2. The topological polar surface area (TPSA) is 65.1 Å². The summed E-state index contributed by atoms with van der Waals surface area (Å²) < 4.78 is 41.8. The van der Waals surface area contributed by atoms with Gasteiger partial charge in [0.25, 0.3) is 0 Å².